The van der Waals surface area contributed by atoms with E-state index in [1.165, 1.54) is 70.8 Å². The molecule has 1 aliphatic rings. The van der Waals surface area contributed by atoms with E-state index in [1.54, 1.807) is 0 Å². The van der Waals surface area contributed by atoms with Crippen molar-refractivity contribution >= 4 is 0 Å². The van der Waals surface area contributed by atoms with Gasteiger partial charge in [-0.3, -0.25) is 0 Å². The highest BCUT2D eigenvalue weighted by molar-refractivity contribution is 4.81. The summed E-state index contributed by atoms with van der Waals surface area (Å²) in [6, 6.07) is 0.855. The first-order valence-corrected chi connectivity index (χ1v) is 7.61. The van der Waals surface area contributed by atoms with Gasteiger partial charge in [0, 0.05) is 6.04 Å². The van der Waals surface area contributed by atoms with E-state index in [0.717, 1.165) is 12.0 Å². The van der Waals surface area contributed by atoms with Gasteiger partial charge in [0.1, 0.15) is 0 Å². The molecule has 0 aromatic carbocycles. The molecule has 1 nitrogen and oxygen atoms in total. The summed E-state index contributed by atoms with van der Waals surface area (Å²) in [5.74, 6) is 0.972. The average Bonchev–Trinajstić information content (AvgIpc) is 2.82. The topological polar surface area (TPSA) is 12.0 Å². The second-order valence-corrected chi connectivity index (χ2v) is 5.45. The molecular weight excluding hydrogens is 194 g/mol. The molecule has 0 aromatic heterocycles. The minimum Gasteiger partial charge on any atom is -0.314 e. The van der Waals surface area contributed by atoms with E-state index in [4.69, 9.17) is 0 Å². The van der Waals surface area contributed by atoms with Gasteiger partial charge in [-0.05, 0) is 38.1 Å². The molecular formula is C15H31N. The first kappa shape index (κ1) is 14.0. The summed E-state index contributed by atoms with van der Waals surface area (Å²) in [6.45, 7) is 5.88. The smallest absolute Gasteiger partial charge is 0.00957 e. The fourth-order valence-corrected chi connectivity index (χ4v) is 2.96. The molecule has 1 aliphatic heterocycles. The molecule has 0 aromatic rings. The zero-order valence-corrected chi connectivity index (χ0v) is 11.4. The van der Waals surface area contributed by atoms with E-state index in [2.05, 4.69) is 19.2 Å². The molecule has 1 heteroatoms. The largest absolute Gasteiger partial charge is 0.314 e. The van der Waals surface area contributed by atoms with Crippen molar-refractivity contribution in [2.24, 2.45) is 5.92 Å². The maximum atomic E-state index is 3.71. The minimum atomic E-state index is 0.855. The zero-order chi connectivity index (χ0) is 11.6. The molecule has 0 radical (unpaired) electrons. The van der Waals surface area contributed by atoms with Crippen molar-refractivity contribution < 1.29 is 0 Å². The molecule has 16 heavy (non-hydrogen) atoms. The molecule has 96 valence electrons. The number of nitrogens with one attached hydrogen (secondary N) is 1. The summed E-state index contributed by atoms with van der Waals surface area (Å²) in [6.07, 6.45) is 14.3. The maximum absolute atomic E-state index is 3.71. The van der Waals surface area contributed by atoms with Crippen LogP contribution in [0.1, 0.15) is 78.1 Å². The fourth-order valence-electron chi connectivity index (χ4n) is 2.96. The molecule has 1 rings (SSSR count). The Morgan fingerprint density at radius 2 is 1.75 bits per heavy atom. The van der Waals surface area contributed by atoms with Gasteiger partial charge in [0.15, 0.2) is 0 Å². The lowest BCUT2D eigenvalue weighted by atomic mass is 9.88. The van der Waals surface area contributed by atoms with Crippen molar-refractivity contribution in [3.63, 3.8) is 0 Å². The monoisotopic (exact) mass is 225 g/mol. The lowest BCUT2D eigenvalue weighted by Crippen LogP contribution is -2.30. The second kappa shape index (κ2) is 9.04. The number of hydrogen-bond donors (Lipinski definition) is 1. The Hall–Kier alpha value is -0.0400. The van der Waals surface area contributed by atoms with Crippen molar-refractivity contribution in [1.82, 2.24) is 5.32 Å². The van der Waals surface area contributed by atoms with Crippen LogP contribution in [0, 0.1) is 5.92 Å². The summed E-state index contributed by atoms with van der Waals surface area (Å²) in [7, 11) is 0. The Morgan fingerprint density at radius 1 is 1.00 bits per heavy atom. The van der Waals surface area contributed by atoms with Crippen LogP contribution in [-0.2, 0) is 0 Å². The van der Waals surface area contributed by atoms with Gasteiger partial charge in [-0.1, -0.05) is 52.4 Å². The van der Waals surface area contributed by atoms with Crippen molar-refractivity contribution in [2.45, 2.75) is 84.1 Å². The van der Waals surface area contributed by atoms with Gasteiger partial charge < -0.3 is 5.32 Å². The molecule has 1 fully saturated rings. The van der Waals surface area contributed by atoms with Gasteiger partial charge in [-0.15, -0.1) is 0 Å². The highest BCUT2D eigenvalue weighted by atomic mass is 14.9. The third kappa shape index (κ3) is 5.34. The lowest BCUT2D eigenvalue weighted by Gasteiger charge is -2.23. The zero-order valence-electron chi connectivity index (χ0n) is 11.4. The van der Waals surface area contributed by atoms with Crippen LogP contribution < -0.4 is 5.32 Å². The summed E-state index contributed by atoms with van der Waals surface area (Å²) < 4.78 is 0. The molecule has 1 heterocycles. The standard InChI is InChI=1S/C15H31N/c1-3-5-7-8-11-14(10-6-4-2)15-12-9-13-16-15/h14-16H,3-13H2,1-2H3/t14?,15-/m0/s1. The first-order valence-electron chi connectivity index (χ1n) is 7.61. The molecule has 0 amide bonds. The van der Waals surface area contributed by atoms with Crippen LogP contribution in [0.2, 0.25) is 0 Å². The van der Waals surface area contributed by atoms with E-state index in [9.17, 15) is 0 Å². The highest BCUT2D eigenvalue weighted by Gasteiger charge is 2.23. The lowest BCUT2D eigenvalue weighted by molar-refractivity contribution is 0.324. The maximum Gasteiger partial charge on any atom is 0.00957 e. The van der Waals surface area contributed by atoms with Crippen LogP contribution in [0.15, 0.2) is 0 Å². The SMILES string of the molecule is CCCCCCC(CCCC)[C@@H]1CCCN1. The molecule has 0 aliphatic carbocycles. The number of rotatable bonds is 9. The third-order valence-electron chi connectivity index (χ3n) is 4.02. The third-order valence-corrected chi connectivity index (χ3v) is 4.02. The molecule has 0 saturated carbocycles. The van der Waals surface area contributed by atoms with Gasteiger partial charge in [0.05, 0.1) is 0 Å². The average molecular weight is 225 g/mol. The summed E-state index contributed by atoms with van der Waals surface area (Å²) in [4.78, 5) is 0. The minimum absolute atomic E-state index is 0.855. The molecule has 0 bridgehead atoms. The Bertz CT molecular complexity index is 150. The van der Waals surface area contributed by atoms with Crippen molar-refractivity contribution in [3.8, 4) is 0 Å². The van der Waals surface area contributed by atoms with E-state index in [-0.39, 0.29) is 0 Å². The quantitative estimate of drug-likeness (QED) is 0.569. The van der Waals surface area contributed by atoms with Crippen LogP contribution in [0.25, 0.3) is 0 Å². The van der Waals surface area contributed by atoms with E-state index in [0.29, 0.717) is 0 Å². The van der Waals surface area contributed by atoms with E-state index < -0.39 is 0 Å². The van der Waals surface area contributed by atoms with Gasteiger partial charge in [-0.2, -0.15) is 0 Å². The molecule has 0 spiro atoms. The Balaban J connectivity index is 2.19. The fraction of sp³-hybridized carbons (Fsp3) is 1.00. The number of hydrogen-bond acceptors (Lipinski definition) is 1. The first-order chi connectivity index (χ1) is 7.88. The van der Waals surface area contributed by atoms with E-state index in [1.807, 2.05) is 0 Å². The van der Waals surface area contributed by atoms with Crippen LogP contribution in [0.5, 0.6) is 0 Å². The normalized spacial score (nSPS) is 22.5. The second-order valence-electron chi connectivity index (χ2n) is 5.45. The van der Waals surface area contributed by atoms with Crippen LogP contribution >= 0.6 is 0 Å². The molecule has 1 N–H and O–H groups in total. The van der Waals surface area contributed by atoms with Gasteiger partial charge in [0.2, 0.25) is 0 Å². The summed E-state index contributed by atoms with van der Waals surface area (Å²) in [5, 5.41) is 3.71. The van der Waals surface area contributed by atoms with Crippen LogP contribution in [-0.4, -0.2) is 12.6 Å². The summed E-state index contributed by atoms with van der Waals surface area (Å²) in [5.41, 5.74) is 0. The Kier molecular flexibility index (Phi) is 7.92. The Labute approximate surface area is 102 Å². The van der Waals surface area contributed by atoms with Crippen LogP contribution in [0.4, 0.5) is 0 Å². The Morgan fingerprint density at radius 3 is 2.38 bits per heavy atom. The molecule has 1 saturated heterocycles. The van der Waals surface area contributed by atoms with Gasteiger partial charge in [0.25, 0.3) is 0 Å². The van der Waals surface area contributed by atoms with Crippen molar-refractivity contribution in [1.29, 1.82) is 0 Å². The highest BCUT2D eigenvalue weighted by Crippen LogP contribution is 2.25. The predicted octanol–water partition coefficient (Wildman–Crippen LogP) is 4.52. The number of unbranched alkanes of at least 4 members (excludes halogenated alkanes) is 4. The van der Waals surface area contributed by atoms with Crippen molar-refractivity contribution in [3.05, 3.63) is 0 Å². The summed E-state index contributed by atoms with van der Waals surface area (Å²) >= 11 is 0. The molecule has 2 atom stereocenters. The van der Waals surface area contributed by atoms with Gasteiger partial charge >= 0.3 is 0 Å². The molecule has 1 unspecified atom stereocenters. The van der Waals surface area contributed by atoms with Crippen LogP contribution in [0.3, 0.4) is 0 Å². The van der Waals surface area contributed by atoms with E-state index >= 15 is 0 Å². The predicted molar refractivity (Wildman–Crippen MR) is 72.8 cm³/mol. The van der Waals surface area contributed by atoms with Crippen molar-refractivity contribution in [2.75, 3.05) is 6.54 Å². The van der Waals surface area contributed by atoms with Gasteiger partial charge in [-0.25, -0.2) is 0 Å².